The molecule has 10 heteroatoms. The van der Waals surface area contributed by atoms with Crippen LogP contribution in [-0.2, 0) is 20.0 Å². The molecule has 2 N–H and O–H groups in total. The second-order valence-electron chi connectivity index (χ2n) is 7.03. The molecule has 0 spiro atoms. The maximum atomic E-state index is 13.0. The van der Waals surface area contributed by atoms with Crippen LogP contribution in [0.25, 0.3) is 0 Å². The first-order valence-electron chi connectivity index (χ1n) is 8.59. The first-order chi connectivity index (χ1) is 13.2. The van der Waals surface area contributed by atoms with Gasteiger partial charge in [-0.2, -0.15) is 0 Å². The Hall–Kier alpha value is -2.43. The van der Waals surface area contributed by atoms with Crippen molar-refractivity contribution in [2.75, 3.05) is 18.8 Å². The average molecular weight is 441 g/mol. The van der Waals surface area contributed by atoms with E-state index >= 15 is 0 Å². The summed E-state index contributed by atoms with van der Waals surface area (Å²) in [5, 5.41) is 9.25. The number of carboxylic acid groups (broad SMARTS) is 1. The molecule has 0 aromatic heterocycles. The Balaban J connectivity index is 2.65. The van der Waals surface area contributed by atoms with Gasteiger partial charge in [-0.15, -0.1) is 0 Å². The summed E-state index contributed by atoms with van der Waals surface area (Å²) in [4.78, 5) is 11.1. The number of anilines is 1. The van der Waals surface area contributed by atoms with E-state index in [4.69, 9.17) is 0 Å². The van der Waals surface area contributed by atoms with Gasteiger partial charge in [-0.25, -0.2) is 25.9 Å². The predicted octanol–water partition coefficient (Wildman–Crippen LogP) is 2.67. The number of rotatable bonds is 6. The summed E-state index contributed by atoms with van der Waals surface area (Å²) >= 11 is 0. The number of aryl methyl sites for hydroxylation is 2. The Morgan fingerprint density at radius 2 is 1.45 bits per heavy atom. The van der Waals surface area contributed by atoms with Gasteiger partial charge in [0, 0.05) is 14.1 Å². The third-order valence-corrected chi connectivity index (χ3v) is 8.10. The van der Waals surface area contributed by atoms with Crippen molar-refractivity contribution in [3.8, 4) is 0 Å². The zero-order valence-corrected chi connectivity index (χ0v) is 18.7. The number of carboxylic acids is 1. The Morgan fingerprint density at radius 3 is 1.97 bits per heavy atom. The third-order valence-electron chi connectivity index (χ3n) is 4.82. The van der Waals surface area contributed by atoms with Crippen LogP contribution >= 0.6 is 0 Å². The highest BCUT2D eigenvalue weighted by atomic mass is 32.2. The van der Waals surface area contributed by atoms with Crippen LogP contribution in [0.3, 0.4) is 0 Å². The lowest BCUT2D eigenvalue weighted by Gasteiger charge is -2.18. The second-order valence-corrected chi connectivity index (χ2v) is 10.8. The van der Waals surface area contributed by atoms with Crippen LogP contribution in [0.2, 0.25) is 0 Å². The van der Waals surface area contributed by atoms with Crippen molar-refractivity contribution < 1.29 is 26.7 Å². The van der Waals surface area contributed by atoms with E-state index in [1.54, 1.807) is 27.7 Å². The Kier molecular flexibility index (Phi) is 6.12. The molecular weight excluding hydrogens is 416 g/mol. The number of hydrogen-bond donors (Lipinski definition) is 2. The molecule has 8 nitrogen and oxygen atoms in total. The molecule has 0 saturated carbocycles. The monoisotopic (exact) mass is 440 g/mol. The van der Waals surface area contributed by atoms with Crippen LogP contribution in [0.4, 0.5) is 5.69 Å². The van der Waals surface area contributed by atoms with E-state index in [-0.39, 0.29) is 21.0 Å². The highest BCUT2D eigenvalue weighted by Crippen LogP contribution is 2.29. The van der Waals surface area contributed by atoms with Crippen LogP contribution in [0.1, 0.15) is 32.6 Å². The quantitative estimate of drug-likeness (QED) is 0.712. The molecule has 0 atom stereocenters. The van der Waals surface area contributed by atoms with Gasteiger partial charge in [0.25, 0.3) is 10.0 Å². The summed E-state index contributed by atoms with van der Waals surface area (Å²) in [6.45, 7) is 6.56. The molecule has 2 rings (SSSR count). The highest BCUT2D eigenvalue weighted by molar-refractivity contribution is 7.92. The van der Waals surface area contributed by atoms with E-state index in [0.29, 0.717) is 22.3 Å². The minimum atomic E-state index is -4.17. The molecule has 0 amide bonds. The summed E-state index contributed by atoms with van der Waals surface area (Å²) in [6, 6.07) is 5.23. The number of aromatic carboxylic acids is 1. The summed E-state index contributed by atoms with van der Waals surface area (Å²) < 4.78 is 54.5. The normalized spacial score (nSPS) is 12.2. The number of sulfonamides is 2. The molecule has 0 aliphatic carbocycles. The summed E-state index contributed by atoms with van der Waals surface area (Å²) in [5.41, 5.74) is 2.05. The number of hydrogen-bond acceptors (Lipinski definition) is 5. The molecular formula is C19H24N2O6S2. The van der Waals surface area contributed by atoms with Crippen molar-refractivity contribution in [1.82, 2.24) is 4.31 Å². The number of nitrogens with zero attached hydrogens (tertiary/aromatic N) is 1. The van der Waals surface area contributed by atoms with E-state index in [0.717, 1.165) is 10.4 Å². The van der Waals surface area contributed by atoms with E-state index < -0.39 is 26.0 Å². The van der Waals surface area contributed by atoms with Crippen molar-refractivity contribution in [2.24, 2.45) is 0 Å². The molecule has 0 aliphatic rings. The zero-order valence-electron chi connectivity index (χ0n) is 17.1. The first kappa shape index (κ1) is 22.9. The minimum Gasteiger partial charge on any atom is -0.478 e. The van der Waals surface area contributed by atoms with Gasteiger partial charge in [0.15, 0.2) is 0 Å². The van der Waals surface area contributed by atoms with Gasteiger partial charge in [0.1, 0.15) is 0 Å². The molecule has 2 aromatic carbocycles. The van der Waals surface area contributed by atoms with Gasteiger partial charge >= 0.3 is 5.97 Å². The molecule has 0 aliphatic heterocycles. The molecule has 0 unspecified atom stereocenters. The maximum Gasteiger partial charge on any atom is 0.335 e. The van der Waals surface area contributed by atoms with E-state index in [9.17, 15) is 26.7 Å². The van der Waals surface area contributed by atoms with Gasteiger partial charge in [-0.1, -0.05) is 0 Å². The fourth-order valence-electron chi connectivity index (χ4n) is 2.72. The molecule has 0 radical (unpaired) electrons. The topological polar surface area (TPSA) is 121 Å². The standard InChI is InChI=1S/C19H24N2O6S2/c1-11-7-15(19(22)23)9-18(14(11)4)28(24,25)20-17-10-16(8-12(2)13(17)3)29(26,27)21(5)6/h7-10,20H,1-6H3,(H,22,23). The van der Waals surface area contributed by atoms with E-state index in [2.05, 4.69) is 4.72 Å². The molecule has 0 fully saturated rings. The Morgan fingerprint density at radius 1 is 0.897 bits per heavy atom. The molecule has 158 valence electrons. The van der Waals surface area contributed by atoms with E-state index in [1.807, 2.05) is 0 Å². The maximum absolute atomic E-state index is 13.0. The summed E-state index contributed by atoms with van der Waals surface area (Å²) in [5.74, 6) is -1.24. The number of nitrogens with one attached hydrogen (secondary N) is 1. The van der Waals surface area contributed by atoms with Gasteiger partial charge in [0.2, 0.25) is 10.0 Å². The molecule has 0 saturated heterocycles. The van der Waals surface area contributed by atoms with Gasteiger partial charge in [-0.3, -0.25) is 4.72 Å². The van der Waals surface area contributed by atoms with Crippen LogP contribution in [-0.4, -0.2) is 46.3 Å². The van der Waals surface area contributed by atoms with Gasteiger partial charge < -0.3 is 5.11 Å². The minimum absolute atomic E-state index is 0.0458. The highest BCUT2D eigenvalue weighted by Gasteiger charge is 2.24. The smallest absolute Gasteiger partial charge is 0.335 e. The summed E-state index contributed by atoms with van der Waals surface area (Å²) in [7, 11) is -5.16. The lowest BCUT2D eigenvalue weighted by Crippen LogP contribution is -2.23. The number of carbonyl (C=O) groups is 1. The lowest BCUT2D eigenvalue weighted by atomic mass is 10.1. The average Bonchev–Trinajstić information content (AvgIpc) is 2.60. The Bertz CT molecular complexity index is 1200. The largest absolute Gasteiger partial charge is 0.478 e. The molecule has 2 aromatic rings. The van der Waals surface area contributed by atoms with Crippen LogP contribution in [0.5, 0.6) is 0 Å². The lowest BCUT2D eigenvalue weighted by molar-refractivity contribution is 0.0696. The second kappa shape index (κ2) is 7.77. The predicted molar refractivity (Wildman–Crippen MR) is 110 cm³/mol. The van der Waals surface area contributed by atoms with Crippen molar-refractivity contribution in [3.05, 3.63) is 52.1 Å². The Labute approximate surface area is 171 Å². The van der Waals surface area contributed by atoms with Crippen LogP contribution < -0.4 is 4.72 Å². The summed E-state index contributed by atoms with van der Waals surface area (Å²) in [6.07, 6.45) is 0. The van der Waals surface area contributed by atoms with Crippen LogP contribution in [0, 0.1) is 27.7 Å². The van der Waals surface area contributed by atoms with Crippen molar-refractivity contribution in [1.29, 1.82) is 0 Å². The van der Waals surface area contributed by atoms with Crippen LogP contribution in [0.15, 0.2) is 34.1 Å². The van der Waals surface area contributed by atoms with Crippen molar-refractivity contribution >= 4 is 31.7 Å². The van der Waals surface area contributed by atoms with Gasteiger partial charge in [-0.05, 0) is 74.2 Å². The molecule has 0 heterocycles. The van der Waals surface area contributed by atoms with E-state index in [1.165, 1.54) is 32.3 Å². The third kappa shape index (κ3) is 4.44. The molecule has 29 heavy (non-hydrogen) atoms. The van der Waals surface area contributed by atoms with Crippen molar-refractivity contribution in [2.45, 2.75) is 37.5 Å². The molecule has 0 bridgehead atoms. The number of benzene rings is 2. The fraction of sp³-hybridized carbons (Fsp3) is 0.316. The first-order valence-corrected chi connectivity index (χ1v) is 11.5. The zero-order chi connectivity index (χ0) is 22.3. The van der Waals surface area contributed by atoms with Crippen molar-refractivity contribution in [3.63, 3.8) is 0 Å². The van der Waals surface area contributed by atoms with Gasteiger partial charge in [0.05, 0.1) is 21.0 Å². The fourth-order valence-corrected chi connectivity index (χ4v) is 5.19. The SMILES string of the molecule is Cc1cc(S(=O)(=O)N(C)C)cc(NS(=O)(=O)c2cc(C(=O)O)cc(C)c2C)c1C.